The van der Waals surface area contributed by atoms with Gasteiger partial charge in [0.05, 0.1) is 0 Å². The van der Waals surface area contributed by atoms with Gasteiger partial charge in [-0.2, -0.15) is 22.0 Å². The van der Waals surface area contributed by atoms with Crippen LogP contribution in [0.15, 0.2) is 89.5 Å². The minimum absolute atomic E-state index is 0.0760. The normalized spacial score (nSPS) is 12.4. The molecule has 4 rings (SSSR count). The van der Waals surface area contributed by atoms with Gasteiger partial charge in [-0.05, 0) is 31.2 Å². The van der Waals surface area contributed by atoms with Crippen LogP contribution in [0.5, 0.6) is 11.5 Å². The van der Waals surface area contributed by atoms with Gasteiger partial charge in [0.1, 0.15) is 17.2 Å². The van der Waals surface area contributed by atoms with Crippen LogP contribution in [-0.4, -0.2) is 11.3 Å². The highest BCUT2D eigenvalue weighted by molar-refractivity contribution is 7.63. The molecule has 3 aromatic carbocycles. The third kappa shape index (κ3) is 4.93. The van der Waals surface area contributed by atoms with Crippen molar-refractivity contribution in [1.29, 1.82) is 0 Å². The molecule has 0 saturated heterocycles. The topological polar surface area (TPSA) is 61.6 Å². The van der Waals surface area contributed by atoms with Crippen molar-refractivity contribution < 1.29 is 40.1 Å². The highest BCUT2D eigenvalue weighted by atomic mass is 31.2. The smallest absolute Gasteiger partial charge is 0.413 e. The summed E-state index contributed by atoms with van der Waals surface area (Å²) in [6.45, 7) is 1.75. The van der Waals surface area contributed by atoms with E-state index in [-0.39, 0.29) is 17.1 Å². The largest absolute Gasteiger partial charge is 0.469 e. The molecule has 1 aromatic heterocycles. The van der Waals surface area contributed by atoms with Gasteiger partial charge in [0.2, 0.25) is 5.76 Å². The fourth-order valence-electron chi connectivity index (χ4n) is 3.13. The maximum absolute atomic E-state index is 14.6. The first kappa shape index (κ1) is 24.5. The molecule has 5 nitrogen and oxygen atoms in total. The molecule has 0 aliphatic carbocycles. The first-order valence-corrected chi connectivity index (χ1v) is 11.7. The van der Waals surface area contributed by atoms with E-state index in [1.807, 2.05) is 0 Å². The number of nitrogens with zero attached hydrogens (tertiary/aromatic N) is 1. The molecular weight excluding hydrogens is 492 g/mol. The molecule has 0 saturated carbocycles. The summed E-state index contributed by atoms with van der Waals surface area (Å²) in [6, 6.07) is 20.6. The average Bonchev–Trinajstić information content (AvgIpc) is 3.27. The van der Waals surface area contributed by atoms with Crippen LogP contribution in [0.3, 0.4) is 0 Å². The summed E-state index contributed by atoms with van der Waals surface area (Å²) in [4.78, 5) is 0. The van der Waals surface area contributed by atoms with Gasteiger partial charge in [-0.1, -0.05) is 71.4 Å². The third-order valence-electron chi connectivity index (χ3n) is 4.85. The summed E-state index contributed by atoms with van der Waals surface area (Å²) >= 11 is 0. The number of hydrogen-bond acceptors (Lipinski definition) is 5. The van der Waals surface area contributed by atoms with Crippen LogP contribution in [0.1, 0.15) is 11.3 Å². The van der Waals surface area contributed by atoms with Gasteiger partial charge in [0.25, 0.3) is 0 Å². The van der Waals surface area contributed by atoms with Crippen molar-refractivity contribution in [2.45, 2.75) is 19.0 Å². The van der Waals surface area contributed by atoms with E-state index in [4.69, 9.17) is 9.05 Å². The molecule has 0 amide bonds. The van der Waals surface area contributed by atoms with Crippen LogP contribution in [-0.2, 0) is 10.5 Å². The van der Waals surface area contributed by atoms with E-state index in [9.17, 15) is 26.5 Å². The highest BCUT2D eigenvalue weighted by Crippen LogP contribution is 2.54. The second kappa shape index (κ2) is 9.19. The number of halogens is 5. The molecule has 35 heavy (non-hydrogen) atoms. The minimum atomic E-state index is -6.07. The maximum atomic E-state index is 14.6. The van der Waals surface area contributed by atoms with Crippen molar-refractivity contribution in [3.63, 3.8) is 0 Å². The zero-order chi connectivity index (χ0) is 25.3. The predicted octanol–water partition coefficient (Wildman–Crippen LogP) is 7.28. The lowest BCUT2D eigenvalue weighted by Gasteiger charge is -2.23. The molecule has 0 spiro atoms. The van der Waals surface area contributed by atoms with E-state index in [0.717, 1.165) is 5.56 Å². The summed E-state index contributed by atoms with van der Waals surface area (Å²) in [5.74, 6) is -7.71. The van der Waals surface area contributed by atoms with Crippen molar-refractivity contribution in [3.05, 3.63) is 96.3 Å². The Balaban J connectivity index is 1.99. The molecule has 0 N–H and O–H groups in total. The Morgan fingerprint density at radius 2 is 1.26 bits per heavy atom. The van der Waals surface area contributed by atoms with E-state index in [1.54, 1.807) is 31.2 Å². The Labute approximate surface area is 196 Å². The lowest BCUT2D eigenvalue weighted by Crippen LogP contribution is -2.37. The third-order valence-corrected chi connectivity index (χ3v) is 6.71. The van der Waals surface area contributed by atoms with Crippen molar-refractivity contribution in [2.75, 3.05) is 0 Å². The van der Waals surface area contributed by atoms with Crippen molar-refractivity contribution in [1.82, 2.24) is 5.16 Å². The lowest BCUT2D eigenvalue weighted by atomic mass is 10.1. The Hall–Kier alpha value is -3.65. The first-order chi connectivity index (χ1) is 16.5. The molecule has 4 aromatic rings. The Bertz CT molecular complexity index is 1290. The number of hydrogen-bond donors (Lipinski definition) is 0. The van der Waals surface area contributed by atoms with Gasteiger partial charge >= 0.3 is 19.7 Å². The number of aromatic nitrogens is 1. The second-order valence-corrected chi connectivity index (χ2v) is 9.26. The van der Waals surface area contributed by atoms with Gasteiger partial charge in [-0.3, -0.25) is 0 Å². The number of benzene rings is 3. The maximum Gasteiger partial charge on any atom is 0.469 e. The van der Waals surface area contributed by atoms with Gasteiger partial charge in [-0.25, -0.2) is 4.57 Å². The molecule has 1 heterocycles. The lowest BCUT2D eigenvalue weighted by molar-refractivity contribution is -0.296. The van der Waals surface area contributed by atoms with E-state index in [2.05, 4.69) is 9.68 Å². The molecule has 0 aliphatic heterocycles. The van der Waals surface area contributed by atoms with Crippen LogP contribution in [0, 0.1) is 6.92 Å². The van der Waals surface area contributed by atoms with Crippen molar-refractivity contribution in [3.8, 4) is 22.8 Å². The molecule has 0 fully saturated rings. The van der Waals surface area contributed by atoms with E-state index in [0.29, 0.717) is 0 Å². The van der Waals surface area contributed by atoms with E-state index in [1.165, 1.54) is 60.7 Å². The molecule has 0 atom stereocenters. The fourth-order valence-corrected chi connectivity index (χ4v) is 5.00. The SMILES string of the molecule is Cc1ccc(-c2noc(C(F)(F)C(F)(F)F)c2P(=O)(Oc2ccccc2)Oc2ccccc2)cc1. The molecule has 0 aliphatic rings. The molecule has 0 unspecified atom stereocenters. The summed E-state index contributed by atoms with van der Waals surface area (Å²) in [7, 11) is -5.02. The van der Waals surface area contributed by atoms with Crippen LogP contribution >= 0.6 is 7.60 Å². The standard InChI is InChI=1S/C24H17F5NO4P/c1-16-12-14-17(15-13-16)20-21(22(32-30-20)23(25,26)24(27,28)29)35(31,33-18-8-4-2-5-9-18)34-19-10-6-3-7-11-19/h2-15H,1H3. The summed E-state index contributed by atoms with van der Waals surface area (Å²) < 4.78 is 99.3. The van der Waals surface area contributed by atoms with Gasteiger partial charge in [0, 0.05) is 5.56 Å². The Morgan fingerprint density at radius 1 is 0.771 bits per heavy atom. The minimum Gasteiger partial charge on any atom is -0.413 e. The van der Waals surface area contributed by atoms with Crippen LogP contribution < -0.4 is 14.4 Å². The number of aryl methyl sites for hydroxylation is 1. The highest BCUT2D eigenvalue weighted by Gasteiger charge is 2.65. The molecular formula is C24H17F5NO4P. The monoisotopic (exact) mass is 509 g/mol. The van der Waals surface area contributed by atoms with E-state index >= 15 is 0 Å². The number of alkyl halides is 5. The molecule has 0 radical (unpaired) electrons. The zero-order valence-electron chi connectivity index (χ0n) is 18.0. The first-order valence-electron chi connectivity index (χ1n) is 10.1. The van der Waals surface area contributed by atoms with Gasteiger partial charge < -0.3 is 13.6 Å². The summed E-state index contributed by atoms with van der Waals surface area (Å²) in [5, 5.41) is 2.33. The van der Waals surface area contributed by atoms with E-state index < -0.39 is 36.5 Å². The van der Waals surface area contributed by atoms with Crippen LogP contribution in [0.4, 0.5) is 22.0 Å². The molecule has 0 bridgehead atoms. The number of rotatable bonds is 7. The van der Waals surface area contributed by atoms with Gasteiger partial charge in [-0.15, -0.1) is 0 Å². The second-order valence-electron chi connectivity index (χ2n) is 7.45. The quantitative estimate of drug-likeness (QED) is 0.194. The Kier molecular flexibility index (Phi) is 6.42. The summed E-state index contributed by atoms with van der Waals surface area (Å²) in [5.41, 5.74) is 0.329. The summed E-state index contributed by atoms with van der Waals surface area (Å²) in [6.07, 6.45) is -6.07. The fraction of sp³-hybridized carbons (Fsp3) is 0.125. The Morgan fingerprint density at radius 3 is 1.71 bits per heavy atom. The van der Waals surface area contributed by atoms with Gasteiger partial charge in [0.15, 0.2) is 5.30 Å². The number of para-hydroxylation sites is 2. The molecule has 11 heteroatoms. The van der Waals surface area contributed by atoms with Crippen molar-refractivity contribution >= 4 is 12.9 Å². The van der Waals surface area contributed by atoms with Crippen molar-refractivity contribution in [2.24, 2.45) is 0 Å². The average molecular weight is 509 g/mol. The van der Waals surface area contributed by atoms with Crippen LogP contribution in [0.2, 0.25) is 0 Å². The van der Waals surface area contributed by atoms with Crippen LogP contribution in [0.25, 0.3) is 11.3 Å². The zero-order valence-corrected chi connectivity index (χ0v) is 18.9. The molecule has 182 valence electrons. The predicted molar refractivity (Wildman–Crippen MR) is 118 cm³/mol.